The summed E-state index contributed by atoms with van der Waals surface area (Å²) in [6, 6.07) is 12.7. The molecular formula is C26H21ClF4NO3S. The maximum absolute atomic E-state index is 14.4. The first kappa shape index (κ1) is 26.0. The lowest BCUT2D eigenvalue weighted by molar-refractivity contribution is -0.137. The molecule has 3 aromatic rings. The highest BCUT2D eigenvalue weighted by Gasteiger charge is 2.36. The highest BCUT2D eigenvalue weighted by Crippen LogP contribution is 2.40. The monoisotopic (exact) mass is 538 g/mol. The lowest BCUT2D eigenvalue weighted by Crippen LogP contribution is -2.43. The van der Waals surface area contributed by atoms with Gasteiger partial charge in [-0.25, -0.2) is 12.8 Å². The van der Waals surface area contributed by atoms with Crippen molar-refractivity contribution in [2.75, 3.05) is 10.8 Å². The summed E-state index contributed by atoms with van der Waals surface area (Å²) >= 11 is 6.16. The number of ether oxygens (including phenoxy) is 1. The van der Waals surface area contributed by atoms with Crippen LogP contribution in [0.2, 0.25) is 5.02 Å². The van der Waals surface area contributed by atoms with Crippen LogP contribution in [-0.4, -0.2) is 21.1 Å². The number of nitrogens with zero attached hydrogens (tertiary/aromatic N) is 1. The fourth-order valence-electron chi connectivity index (χ4n) is 3.95. The number of alkyl halides is 3. The van der Waals surface area contributed by atoms with Gasteiger partial charge >= 0.3 is 6.18 Å². The van der Waals surface area contributed by atoms with Gasteiger partial charge in [0.2, 0.25) is 0 Å². The Labute approximate surface area is 211 Å². The van der Waals surface area contributed by atoms with Gasteiger partial charge in [-0.05, 0) is 73.9 Å². The van der Waals surface area contributed by atoms with E-state index in [0.717, 1.165) is 22.5 Å². The maximum atomic E-state index is 14.4. The second kappa shape index (κ2) is 9.78. The third-order valence-electron chi connectivity index (χ3n) is 5.73. The van der Waals surface area contributed by atoms with Gasteiger partial charge in [0, 0.05) is 5.56 Å². The van der Waals surface area contributed by atoms with Crippen LogP contribution in [0.5, 0.6) is 5.75 Å². The van der Waals surface area contributed by atoms with Crippen LogP contribution in [0.25, 0.3) is 11.6 Å². The number of fused-ring (bicyclic) bond motifs is 1. The minimum atomic E-state index is -4.70. The predicted molar refractivity (Wildman–Crippen MR) is 132 cm³/mol. The SMILES string of the molecule is [CH2]C[C@H]1CN(S(=O)(=O)c2cccc(C(F)(F)F)c2)c2cc(/C=C(\C)c3c(F)cccc3Cl)ccc2O1. The number of benzene rings is 3. The van der Waals surface area contributed by atoms with Crippen LogP contribution in [0, 0.1) is 12.7 Å². The van der Waals surface area contributed by atoms with Gasteiger partial charge in [-0.1, -0.05) is 35.9 Å². The molecule has 1 aliphatic heterocycles. The zero-order valence-corrected chi connectivity index (χ0v) is 20.6. The smallest absolute Gasteiger partial charge is 0.416 e. The predicted octanol–water partition coefficient (Wildman–Crippen LogP) is 7.24. The maximum Gasteiger partial charge on any atom is 0.416 e. The third kappa shape index (κ3) is 5.08. The van der Waals surface area contributed by atoms with Gasteiger partial charge in [0.25, 0.3) is 10.0 Å². The first-order valence-corrected chi connectivity index (χ1v) is 12.7. The van der Waals surface area contributed by atoms with Crippen LogP contribution in [0.3, 0.4) is 0 Å². The van der Waals surface area contributed by atoms with Crippen molar-refractivity contribution in [3.05, 3.63) is 95.1 Å². The van der Waals surface area contributed by atoms with E-state index in [1.165, 1.54) is 18.2 Å². The second-order valence-corrected chi connectivity index (χ2v) is 10.5. The molecule has 0 bridgehead atoms. The van der Waals surface area contributed by atoms with Gasteiger partial charge in [0.15, 0.2) is 0 Å². The molecule has 0 fully saturated rings. The van der Waals surface area contributed by atoms with E-state index >= 15 is 0 Å². The molecule has 10 heteroatoms. The van der Waals surface area contributed by atoms with Crippen LogP contribution in [0.4, 0.5) is 23.2 Å². The summed E-state index contributed by atoms with van der Waals surface area (Å²) in [5, 5.41) is 0.220. The molecule has 4 rings (SSSR count). The first-order valence-electron chi connectivity index (χ1n) is 10.8. The van der Waals surface area contributed by atoms with Crippen molar-refractivity contribution in [3.8, 4) is 5.75 Å². The van der Waals surface area contributed by atoms with E-state index in [-0.39, 0.29) is 35.0 Å². The number of halogens is 5. The molecule has 0 unspecified atom stereocenters. The highest BCUT2D eigenvalue weighted by atomic mass is 35.5. The number of hydrogen-bond acceptors (Lipinski definition) is 3. The molecule has 0 saturated heterocycles. The Hall–Kier alpha value is -3.04. The average Bonchev–Trinajstić information content (AvgIpc) is 2.82. The Bertz CT molecular complexity index is 1420. The Morgan fingerprint density at radius 3 is 2.56 bits per heavy atom. The Morgan fingerprint density at radius 2 is 1.89 bits per heavy atom. The summed E-state index contributed by atoms with van der Waals surface area (Å²) in [5.41, 5.74) is 0.306. The van der Waals surface area contributed by atoms with Crippen molar-refractivity contribution in [3.63, 3.8) is 0 Å². The molecule has 0 aliphatic carbocycles. The molecule has 4 nitrogen and oxygen atoms in total. The largest absolute Gasteiger partial charge is 0.486 e. The molecule has 0 amide bonds. The number of rotatable bonds is 5. The van der Waals surface area contributed by atoms with Crippen LogP contribution in [0.1, 0.15) is 30.0 Å². The fraction of sp³-hybridized carbons (Fsp3) is 0.192. The molecule has 1 atom stereocenters. The second-order valence-electron chi connectivity index (χ2n) is 8.24. The summed E-state index contributed by atoms with van der Waals surface area (Å²) < 4.78 is 88.1. The van der Waals surface area contributed by atoms with E-state index in [0.29, 0.717) is 17.2 Å². The number of hydrogen-bond donors (Lipinski definition) is 0. The Balaban J connectivity index is 1.80. The molecule has 36 heavy (non-hydrogen) atoms. The van der Waals surface area contributed by atoms with Crippen LogP contribution < -0.4 is 9.04 Å². The normalized spacial score (nSPS) is 16.5. The highest BCUT2D eigenvalue weighted by molar-refractivity contribution is 7.92. The van der Waals surface area contributed by atoms with Crippen molar-refractivity contribution >= 4 is 39.0 Å². The van der Waals surface area contributed by atoms with Gasteiger partial charge in [-0.3, -0.25) is 4.31 Å². The lowest BCUT2D eigenvalue weighted by atomic mass is 10.0. The quantitative estimate of drug-likeness (QED) is 0.254. The summed E-state index contributed by atoms with van der Waals surface area (Å²) in [7, 11) is -4.39. The first-order chi connectivity index (χ1) is 16.9. The minimum Gasteiger partial charge on any atom is -0.486 e. The molecule has 0 spiro atoms. The molecular weight excluding hydrogens is 518 g/mol. The van der Waals surface area contributed by atoms with E-state index < -0.39 is 38.6 Å². The van der Waals surface area contributed by atoms with Crippen molar-refractivity contribution in [1.82, 2.24) is 0 Å². The van der Waals surface area contributed by atoms with Gasteiger partial charge in [0.1, 0.15) is 17.7 Å². The van der Waals surface area contributed by atoms with E-state index in [4.69, 9.17) is 16.3 Å². The zero-order chi connectivity index (χ0) is 26.3. The topological polar surface area (TPSA) is 46.6 Å². The fourth-order valence-corrected chi connectivity index (χ4v) is 5.81. The lowest BCUT2D eigenvalue weighted by Gasteiger charge is -2.35. The van der Waals surface area contributed by atoms with Gasteiger partial charge < -0.3 is 4.74 Å². The Kier molecular flexibility index (Phi) is 7.07. The minimum absolute atomic E-state index is 0.139. The molecule has 1 radical (unpaired) electrons. The standard InChI is InChI=1S/C26H21ClF4NO3S/c1-3-19-15-32(36(33,34)20-7-4-6-18(14-20)26(29,30)31)23-13-17(10-11-24(23)35-19)12-16(2)25-21(27)8-5-9-22(25)28/h4-14,19H,1,3,15H2,2H3/b16-12+/t19-/m0/s1. The molecule has 1 aliphatic rings. The van der Waals surface area contributed by atoms with E-state index in [1.807, 2.05) is 0 Å². The molecule has 0 saturated carbocycles. The summed E-state index contributed by atoms with van der Waals surface area (Å²) in [4.78, 5) is -0.497. The van der Waals surface area contributed by atoms with Crippen LogP contribution >= 0.6 is 11.6 Å². The molecule has 0 aromatic heterocycles. The average molecular weight is 539 g/mol. The van der Waals surface area contributed by atoms with E-state index in [9.17, 15) is 26.0 Å². The van der Waals surface area contributed by atoms with Crippen molar-refractivity contribution in [2.45, 2.75) is 30.5 Å². The van der Waals surface area contributed by atoms with E-state index in [1.54, 1.807) is 31.2 Å². The molecule has 3 aromatic carbocycles. The van der Waals surface area contributed by atoms with Crippen LogP contribution in [-0.2, 0) is 16.2 Å². The molecule has 0 N–H and O–H groups in total. The summed E-state index contributed by atoms with van der Waals surface area (Å²) in [6.45, 7) is 5.30. The van der Waals surface area contributed by atoms with Crippen molar-refractivity contribution in [2.24, 2.45) is 0 Å². The van der Waals surface area contributed by atoms with Crippen molar-refractivity contribution < 1.29 is 30.7 Å². The third-order valence-corrected chi connectivity index (χ3v) is 7.82. The van der Waals surface area contributed by atoms with E-state index in [2.05, 4.69) is 6.92 Å². The van der Waals surface area contributed by atoms with Gasteiger partial charge in [0.05, 0.1) is 27.7 Å². The Morgan fingerprint density at radius 1 is 1.17 bits per heavy atom. The number of anilines is 1. The van der Waals surface area contributed by atoms with Gasteiger partial charge in [-0.15, -0.1) is 0 Å². The number of sulfonamides is 1. The number of allylic oxidation sites excluding steroid dienone is 1. The van der Waals surface area contributed by atoms with Gasteiger partial charge in [-0.2, -0.15) is 13.2 Å². The molecule has 189 valence electrons. The molecule has 1 heterocycles. The van der Waals surface area contributed by atoms with Crippen LogP contribution in [0.15, 0.2) is 65.6 Å². The van der Waals surface area contributed by atoms with Crippen molar-refractivity contribution in [1.29, 1.82) is 0 Å². The zero-order valence-electron chi connectivity index (χ0n) is 19.0. The summed E-state index contributed by atoms with van der Waals surface area (Å²) in [5.74, 6) is -0.270. The summed E-state index contributed by atoms with van der Waals surface area (Å²) in [6.07, 6.45) is -3.43.